The van der Waals surface area contributed by atoms with Gasteiger partial charge < -0.3 is 36.4 Å². The van der Waals surface area contributed by atoms with Crippen LogP contribution < -0.4 is 31.3 Å². The van der Waals surface area contributed by atoms with Gasteiger partial charge in [0, 0.05) is 13.0 Å². The zero-order valence-electron chi connectivity index (χ0n) is 38.2. The van der Waals surface area contributed by atoms with Gasteiger partial charge in [0.2, 0.25) is 30.0 Å². The van der Waals surface area contributed by atoms with Gasteiger partial charge in [0.05, 0.1) is 23.4 Å². The van der Waals surface area contributed by atoms with Gasteiger partial charge in [-0.05, 0) is 103 Å². The van der Waals surface area contributed by atoms with E-state index in [2.05, 4.69) is 50.7 Å². The molecule has 3 unspecified atom stereocenters. The topological polar surface area (TPSA) is 234 Å². The van der Waals surface area contributed by atoms with E-state index in [1.807, 2.05) is 53.7 Å². The summed E-state index contributed by atoms with van der Waals surface area (Å²) < 4.78 is 5.56. The number of rotatable bonds is 26. The molecule has 3 rings (SSSR count). The fourth-order valence-electron chi connectivity index (χ4n) is 6.59. The molecular formula is C48H65N7O9. The molecule has 16 nitrogen and oxygen atoms in total. The molecule has 0 saturated carbocycles. The predicted octanol–water partition coefficient (Wildman–Crippen LogP) is 6.36. The number of hydrogen-bond acceptors (Lipinski definition) is 10. The van der Waals surface area contributed by atoms with Crippen LogP contribution >= 0.6 is 0 Å². The molecule has 3 aromatic rings. The lowest BCUT2D eigenvalue weighted by Gasteiger charge is -2.28. The van der Waals surface area contributed by atoms with Crippen LogP contribution in [0.1, 0.15) is 103 Å². The van der Waals surface area contributed by atoms with Crippen LogP contribution in [0, 0.1) is 23.7 Å². The van der Waals surface area contributed by atoms with Gasteiger partial charge >= 0.3 is 11.9 Å². The fraction of sp³-hybridized carbons (Fsp3) is 0.479. The maximum absolute atomic E-state index is 13.8. The zero-order chi connectivity index (χ0) is 47.3. The monoisotopic (exact) mass is 883 g/mol. The summed E-state index contributed by atoms with van der Waals surface area (Å²) in [5.41, 5.74) is 2.55. The molecule has 16 heteroatoms. The molecule has 0 bridgehead atoms. The highest BCUT2D eigenvalue weighted by Crippen LogP contribution is 2.24. The number of esters is 1. The van der Waals surface area contributed by atoms with E-state index in [0.29, 0.717) is 42.2 Å². The second kappa shape index (κ2) is 26.2. The number of ether oxygens (including phenoxy) is 1. The molecule has 0 spiro atoms. The van der Waals surface area contributed by atoms with Gasteiger partial charge in [-0.3, -0.25) is 28.8 Å². The number of nitrogens with zero attached hydrogens (tertiary/aromatic N) is 2. The quantitative estimate of drug-likeness (QED) is 0.0228. The van der Waals surface area contributed by atoms with Gasteiger partial charge in [0.25, 0.3) is 0 Å². The Bertz CT molecular complexity index is 2050. The van der Waals surface area contributed by atoms with Gasteiger partial charge in [0.1, 0.15) is 29.9 Å². The Morgan fingerprint density at radius 2 is 1.25 bits per heavy atom. The van der Waals surface area contributed by atoms with Crippen LogP contribution in [0.2, 0.25) is 0 Å². The number of aryl methyl sites for hydroxylation is 1. The third kappa shape index (κ3) is 18.1. The van der Waals surface area contributed by atoms with Gasteiger partial charge in [-0.2, -0.15) is 10.2 Å². The first-order valence-electron chi connectivity index (χ1n) is 21.9. The van der Waals surface area contributed by atoms with E-state index in [9.17, 15) is 33.6 Å². The summed E-state index contributed by atoms with van der Waals surface area (Å²) in [6, 6.07) is 15.8. The Balaban J connectivity index is 1.63. The van der Waals surface area contributed by atoms with E-state index in [1.54, 1.807) is 48.5 Å². The van der Waals surface area contributed by atoms with Crippen molar-refractivity contribution in [3.63, 3.8) is 0 Å². The number of carboxylic acid groups (broad SMARTS) is 1. The maximum Gasteiger partial charge on any atom is 0.335 e. The highest BCUT2D eigenvalue weighted by Gasteiger charge is 2.32. The van der Waals surface area contributed by atoms with Crippen molar-refractivity contribution in [1.29, 1.82) is 0 Å². The first-order valence-corrected chi connectivity index (χ1v) is 21.9. The van der Waals surface area contributed by atoms with Crippen molar-refractivity contribution < 1.29 is 43.4 Å². The van der Waals surface area contributed by atoms with Crippen LogP contribution in [0.25, 0.3) is 0 Å². The van der Waals surface area contributed by atoms with Crippen molar-refractivity contribution >= 4 is 53.4 Å². The van der Waals surface area contributed by atoms with Crippen molar-refractivity contribution in [3.8, 4) is 5.75 Å². The molecule has 346 valence electrons. The number of carbonyl (C=O) groups excluding carboxylic acids is 6. The summed E-state index contributed by atoms with van der Waals surface area (Å²) in [4.78, 5) is 89.9. The van der Waals surface area contributed by atoms with Crippen molar-refractivity contribution in [3.05, 3.63) is 89.5 Å². The fourth-order valence-corrected chi connectivity index (χ4v) is 6.59. The molecular weight excluding hydrogens is 819 g/mol. The average molecular weight is 884 g/mol. The number of carbonyl (C=O) groups is 7. The lowest BCUT2D eigenvalue weighted by Crippen LogP contribution is -2.59. The summed E-state index contributed by atoms with van der Waals surface area (Å²) in [6.07, 6.45) is 2.14. The Hall–Kier alpha value is -6.45. The van der Waals surface area contributed by atoms with Gasteiger partial charge in [-0.1, -0.05) is 85.7 Å². The summed E-state index contributed by atoms with van der Waals surface area (Å²) in [5, 5.41) is 31.5. The minimum atomic E-state index is -1.06. The van der Waals surface area contributed by atoms with Crippen LogP contribution in [-0.4, -0.2) is 77.8 Å². The molecule has 0 saturated heterocycles. The molecule has 0 aliphatic heterocycles. The number of benzene rings is 3. The Morgan fingerprint density at radius 3 is 1.80 bits per heavy atom. The highest BCUT2D eigenvalue weighted by atomic mass is 16.5. The molecule has 3 aromatic carbocycles. The third-order valence-electron chi connectivity index (χ3n) is 10.1. The van der Waals surface area contributed by atoms with E-state index in [4.69, 9.17) is 9.84 Å². The standard InChI is InChI=1S/C48H65N7O9/c1-29(2)23-24-49-47(61)43(32(7)8)53-46(60)41(26-31(5)6)52-45(59)40(25-30(3)4)51-44(58)39(50-28-56)27-33-13-20-37(21-14-33)64-42(57)22-17-34-11-9-10-12-38(34)55-54-36-18-15-35(16-19-36)48(62)63/h9-16,18-21,28-32,39-41,43H,17,22-27H2,1-8H3,(H,49,61)(H,50,56)(H,51,58)(H,52,59)(H,53,60)(H,62,63)/t39-,40?,41?,43?/m1/s1. The summed E-state index contributed by atoms with van der Waals surface area (Å²) in [5.74, 6) is -3.08. The molecule has 5 amide bonds. The van der Waals surface area contributed by atoms with Crippen LogP contribution in [0.15, 0.2) is 83.0 Å². The van der Waals surface area contributed by atoms with E-state index < -0.39 is 53.8 Å². The number of amides is 5. The molecule has 6 N–H and O–H groups in total. The smallest absolute Gasteiger partial charge is 0.335 e. The highest BCUT2D eigenvalue weighted by molar-refractivity contribution is 5.95. The summed E-state index contributed by atoms with van der Waals surface area (Å²) in [6.45, 7) is 15.9. The van der Waals surface area contributed by atoms with Crippen LogP contribution in [0.4, 0.5) is 11.4 Å². The predicted molar refractivity (Wildman–Crippen MR) is 243 cm³/mol. The third-order valence-corrected chi connectivity index (χ3v) is 10.1. The lowest BCUT2D eigenvalue weighted by atomic mass is 9.98. The molecule has 0 heterocycles. The van der Waals surface area contributed by atoms with E-state index in [1.165, 1.54) is 12.1 Å². The van der Waals surface area contributed by atoms with Crippen molar-refractivity contribution in [2.75, 3.05) is 6.54 Å². The van der Waals surface area contributed by atoms with Crippen LogP contribution in [0.3, 0.4) is 0 Å². The van der Waals surface area contributed by atoms with E-state index >= 15 is 0 Å². The normalized spacial score (nSPS) is 13.2. The number of hydrogen-bond donors (Lipinski definition) is 6. The molecule has 0 radical (unpaired) electrons. The van der Waals surface area contributed by atoms with Crippen LogP contribution in [-0.2, 0) is 41.6 Å². The van der Waals surface area contributed by atoms with E-state index in [-0.39, 0.29) is 60.7 Å². The molecule has 0 aliphatic rings. The molecule has 64 heavy (non-hydrogen) atoms. The van der Waals surface area contributed by atoms with Gasteiger partial charge in [-0.15, -0.1) is 0 Å². The minimum absolute atomic E-state index is 0.00859. The number of aromatic carboxylic acids is 1. The minimum Gasteiger partial charge on any atom is -0.478 e. The first-order chi connectivity index (χ1) is 30.4. The van der Waals surface area contributed by atoms with Crippen molar-refractivity contribution in [2.45, 2.75) is 118 Å². The largest absolute Gasteiger partial charge is 0.478 e. The van der Waals surface area contributed by atoms with Gasteiger partial charge in [0.15, 0.2) is 0 Å². The van der Waals surface area contributed by atoms with Crippen molar-refractivity contribution in [1.82, 2.24) is 26.6 Å². The molecule has 0 aromatic heterocycles. The van der Waals surface area contributed by atoms with Gasteiger partial charge in [-0.25, -0.2) is 4.79 Å². The number of carboxylic acids is 1. The van der Waals surface area contributed by atoms with Crippen molar-refractivity contribution in [2.24, 2.45) is 33.9 Å². The van der Waals surface area contributed by atoms with Crippen LogP contribution in [0.5, 0.6) is 5.75 Å². The Morgan fingerprint density at radius 1 is 0.672 bits per heavy atom. The Labute approximate surface area is 376 Å². The second-order valence-electron chi connectivity index (χ2n) is 17.4. The first kappa shape index (κ1) is 51.9. The molecule has 4 atom stereocenters. The second-order valence-corrected chi connectivity index (χ2v) is 17.4. The SMILES string of the molecule is CC(C)CCNC(=O)C(NC(=O)C(CC(C)C)NC(=O)C(CC(C)C)NC(=O)[C@@H](Cc1ccc(OC(=O)CCc2ccccc2N=Nc2ccc(C(=O)O)cc2)cc1)NC=O)C(C)C. The summed E-state index contributed by atoms with van der Waals surface area (Å²) in [7, 11) is 0. The van der Waals surface area contributed by atoms with E-state index in [0.717, 1.165) is 12.0 Å². The number of azo groups is 1. The average Bonchev–Trinajstić information content (AvgIpc) is 3.23. The Kier molecular flexibility index (Phi) is 21.3. The lowest BCUT2D eigenvalue weighted by molar-refractivity contribution is -0.135. The number of nitrogens with one attached hydrogen (secondary N) is 5. The molecule has 0 fully saturated rings. The summed E-state index contributed by atoms with van der Waals surface area (Å²) >= 11 is 0. The molecule has 0 aliphatic carbocycles. The maximum atomic E-state index is 13.8. The zero-order valence-corrected chi connectivity index (χ0v) is 38.2.